The van der Waals surface area contributed by atoms with Crippen LogP contribution in [-0.2, 0) is 9.47 Å². The highest BCUT2D eigenvalue weighted by Crippen LogP contribution is 2.26. The minimum Gasteiger partial charge on any atom is -0.355 e. The molecule has 0 aromatic carbocycles. The van der Waals surface area contributed by atoms with Gasteiger partial charge in [0.2, 0.25) is 5.13 Å². The predicted molar refractivity (Wildman–Crippen MR) is 72.0 cm³/mol. The molecule has 18 heavy (non-hydrogen) atoms. The first-order valence-electron chi connectivity index (χ1n) is 6.29. The van der Waals surface area contributed by atoms with E-state index < -0.39 is 5.79 Å². The van der Waals surface area contributed by atoms with Crippen molar-refractivity contribution in [2.45, 2.75) is 58.5 Å². The maximum atomic E-state index is 5.81. The van der Waals surface area contributed by atoms with Gasteiger partial charge in [0.1, 0.15) is 11.9 Å². The van der Waals surface area contributed by atoms with Crippen molar-refractivity contribution in [3.63, 3.8) is 0 Å². The Bertz CT molecular complexity index is 406. The van der Waals surface area contributed by atoms with Crippen molar-refractivity contribution >= 4 is 16.7 Å². The highest BCUT2D eigenvalue weighted by Gasteiger charge is 2.35. The molecule has 2 heterocycles. The van der Waals surface area contributed by atoms with Crippen LogP contribution in [-0.4, -0.2) is 33.9 Å². The maximum Gasteiger partial charge on any atom is 0.202 e. The SMILES string of the molecule is CC(C)c1nsc(N[C@@H](C)[C@H]2COC(C)(C)O2)n1. The Morgan fingerprint density at radius 1 is 1.39 bits per heavy atom. The number of hydrogen-bond donors (Lipinski definition) is 1. The molecule has 0 radical (unpaired) electrons. The summed E-state index contributed by atoms with van der Waals surface area (Å²) in [5, 5.41) is 4.18. The summed E-state index contributed by atoms with van der Waals surface area (Å²) in [5.74, 6) is 0.765. The van der Waals surface area contributed by atoms with Crippen molar-refractivity contribution in [2.24, 2.45) is 0 Å². The molecular formula is C12H21N3O2S. The van der Waals surface area contributed by atoms with Crippen LogP contribution >= 0.6 is 11.5 Å². The van der Waals surface area contributed by atoms with Crippen LogP contribution in [0.15, 0.2) is 0 Å². The van der Waals surface area contributed by atoms with E-state index in [1.54, 1.807) is 0 Å². The predicted octanol–water partition coefficient (Wildman–Crippen LogP) is 2.61. The average molecular weight is 271 g/mol. The molecule has 2 atom stereocenters. The van der Waals surface area contributed by atoms with Crippen LogP contribution in [0.2, 0.25) is 0 Å². The van der Waals surface area contributed by atoms with Gasteiger partial charge in [-0.3, -0.25) is 0 Å². The Labute approximate surface area is 112 Å². The molecule has 5 nitrogen and oxygen atoms in total. The molecule has 1 aliphatic heterocycles. The summed E-state index contributed by atoms with van der Waals surface area (Å²) < 4.78 is 15.7. The summed E-state index contributed by atoms with van der Waals surface area (Å²) in [5.41, 5.74) is 0. The Kier molecular flexibility index (Phi) is 3.89. The van der Waals surface area contributed by atoms with Gasteiger partial charge >= 0.3 is 0 Å². The Balaban J connectivity index is 1.92. The topological polar surface area (TPSA) is 56.3 Å². The first-order valence-corrected chi connectivity index (χ1v) is 7.06. The number of nitrogens with one attached hydrogen (secondary N) is 1. The number of ether oxygens (including phenoxy) is 2. The largest absolute Gasteiger partial charge is 0.355 e. The van der Waals surface area contributed by atoms with E-state index in [2.05, 4.69) is 35.4 Å². The zero-order valence-electron chi connectivity index (χ0n) is 11.6. The summed E-state index contributed by atoms with van der Waals surface area (Å²) >= 11 is 1.40. The van der Waals surface area contributed by atoms with E-state index in [1.807, 2.05) is 13.8 Å². The van der Waals surface area contributed by atoms with Crippen LogP contribution in [0, 0.1) is 0 Å². The molecule has 0 aliphatic carbocycles. The van der Waals surface area contributed by atoms with Crippen molar-refractivity contribution in [3.05, 3.63) is 5.82 Å². The van der Waals surface area contributed by atoms with E-state index in [0.717, 1.165) is 11.0 Å². The lowest BCUT2D eigenvalue weighted by Gasteiger charge is -2.21. The van der Waals surface area contributed by atoms with Crippen LogP contribution < -0.4 is 5.32 Å². The van der Waals surface area contributed by atoms with Gasteiger partial charge in [0.05, 0.1) is 12.6 Å². The van der Waals surface area contributed by atoms with Gasteiger partial charge in [0.15, 0.2) is 5.79 Å². The maximum absolute atomic E-state index is 5.81. The summed E-state index contributed by atoms with van der Waals surface area (Å²) in [6.07, 6.45) is 0.0476. The van der Waals surface area contributed by atoms with Gasteiger partial charge in [0, 0.05) is 17.5 Å². The Morgan fingerprint density at radius 2 is 2.11 bits per heavy atom. The van der Waals surface area contributed by atoms with Crippen molar-refractivity contribution < 1.29 is 9.47 Å². The molecular weight excluding hydrogens is 250 g/mol. The van der Waals surface area contributed by atoms with Gasteiger partial charge in [0.25, 0.3) is 0 Å². The fraction of sp³-hybridized carbons (Fsp3) is 0.833. The minimum absolute atomic E-state index is 0.0476. The zero-order chi connectivity index (χ0) is 13.3. The van der Waals surface area contributed by atoms with E-state index in [4.69, 9.17) is 9.47 Å². The number of nitrogens with zero attached hydrogens (tertiary/aromatic N) is 2. The molecule has 0 unspecified atom stereocenters. The van der Waals surface area contributed by atoms with Crippen molar-refractivity contribution in [1.29, 1.82) is 0 Å². The molecule has 1 aromatic rings. The van der Waals surface area contributed by atoms with E-state index in [9.17, 15) is 0 Å². The van der Waals surface area contributed by atoms with Crippen molar-refractivity contribution in [1.82, 2.24) is 9.36 Å². The fourth-order valence-corrected chi connectivity index (χ4v) is 2.58. The second-order valence-electron chi connectivity index (χ2n) is 5.41. The Hall–Kier alpha value is -0.720. The van der Waals surface area contributed by atoms with Crippen LogP contribution in [0.1, 0.15) is 46.4 Å². The minimum atomic E-state index is -0.481. The monoisotopic (exact) mass is 271 g/mol. The van der Waals surface area contributed by atoms with Gasteiger partial charge in [-0.1, -0.05) is 13.8 Å². The normalized spacial score (nSPS) is 24.4. The third-order valence-corrected chi connectivity index (χ3v) is 3.56. The molecule has 0 saturated carbocycles. The van der Waals surface area contributed by atoms with Gasteiger partial charge in [-0.05, 0) is 20.8 Å². The Morgan fingerprint density at radius 3 is 2.61 bits per heavy atom. The second-order valence-corrected chi connectivity index (χ2v) is 6.16. The average Bonchev–Trinajstić information content (AvgIpc) is 2.84. The van der Waals surface area contributed by atoms with Gasteiger partial charge in [-0.2, -0.15) is 4.37 Å². The van der Waals surface area contributed by atoms with E-state index in [1.165, 1.54) is 11.5 Å². The number of anilines is 1. The lowest BCUT2D eigenvalue weighted by molar-refractivity contribution is -0.139. The lowest BCUT2D eigenvalue weighted by Crippen LogP contribution is -2.34. The highest BCUT2D eigenvalue weighted by atomic mass is 32.1. The molecule has 1 aromatic heterocycles. The summed E-state index contributed by atoms with van der Waals surface area (Å²) in [6, 6.07) is 0.153. The van der Waals surface area contributed by atoms with Crippen LogP contribution in [0.3, 0.4) is 0 Å². The van der Waals surface area contributed by atoms with Crippen LogP contribution in [0.25, 0.3) is 0 Å². The van der Waals surface area contributed by atoms with Crippen LogP contribution in [0.4, 0.5) is 5.13 Å². The molecule has 0 amide bonds. The summed E-state index contributed by atoms with van der Waals surface area (Å²) in [6.45, 7) is 10.7. The third kappa shape index (κ3) is 3.18. The molecule has 2 rings (SSSR count). The second kappa shape index (κ2) is 5.11. The molecule has 1 fully saturated rings. The van der Waals surface area contributed by atoms with Gasteiger partial charge in [-0.15, -0.1) is 0 Å². The molecule has 0 spiro atoms. The third-order valence-electron chi connectivity index (χ3n) is 2.90. The molecule has 1 saturated heterocycles. The van der Waals surface area contributed by atoms with Gasteiger partial charge in [-0.25, -0.2) is 4.98 Å². The van der Waals surface area contributed by atoms with E-state index >= 15 is 0 Å². The van der Waals surface area contributed by atoms with E-state index in [-0.39, 0.29) is 12.1 Å². The smallest absolute Gasteiger partial charge is 0.202 e. The highest BCUT2D eigenvalue weighted by molar-refractivity contribution is 7.09. The van der Waals surface area contributed by atoms with E-state index in [0.29, 0.717) is 12.5 Å². The molecule has 1 aliphatic rings. The summed E-state index contributed by atoms with van der Waals surface area (Å²) in [7, 11) is 0. The molecule has 0 bridgehead atoms. The quantitative estimate of drug-likeness (QED) is 0.912. The first-order chi connectivity index (χ1) is 8.37. The number of aromatic nitrogens is 2. The first kappa shape index (κ1) is 13.7. The van der Waals surface area contributed by atoms with Crippen molar-refractivity contribution in [3.8, 4) is 0 Å². The zero-order valence-corrected chi connectivity index (χ0v) is 12.4. The number of rotatable bonds is 4. The lowest BCUT2D eigenvalue weighted by atomic mass is 10.2. The standard InChI is InChI=1S/C12H21N3O2S/c1-7(2)10-14-11(18-15-10)13-8(3)9-6-16-12(4,5)17-9/h7-9H,6H2,1-5H3,(H,13,14,15)/t8-,9+/m0/s1. The fourth-order valence-electron chi connectivity index (χ4n) is 1.78. The van der Waals surface area contributed by atoms with Crippen LogP contribution in [0.5, 0.6) is 0 Å². The molecule has 1 N–H and O–H groups in total. The molecule has 6 heteroatoms. The van der Waals surface area contributed by atoms with Gasteiger partial charge < -0.3 is 14.8 Å². The molecule has 102 valence electrons. The number of hydrogen-bond acceptors (Lipinski definition) is 6. The van der Waals surface area contributed by atoms with Crippen molar-refractivity contribution in [2.75, 3.05) is 11.9 Å². The summed E-state index contributed by atoms with van der Waals surface area (Å²) in [4.78, 5) is 4.46.